The van der Waals surface area contributed by atoms with Gasteiger partial charge in [-0.25, -0.2) is 0 Å². The number of amides is 1. The zero-order valence-corrected chi connectivity index (χ0v) is 19.5. The van der Waals surface area contributed by atoms with Crippen molar-refractivity contribution in [2.24, 2.45) is 0 Å². The summed E-state index contributed by atoms with van der Waals surface area (Å²) in [5.74, 6) is 0.217. The van der Waals surface area contributed by atoms with Crippen molar-refractivity contribution in [3.8, 4) is 11.3 Å². The van der Waals surface area contributed by atoms with E-state index in [1.165, 1.54) is 6.07 Å². The van der Waals surface area contributed by atoms with Crippen LogP contribution in [0.15, 0.2) is 59.0 Å². The Kier molecular flexibility index (Phi) is 6.83. The summed E-state index contributed by atoms with van der Waals surface area (Å²) in [6.45, 7) is 1.86. The van der Waals surface area contributed by atoms with Crippen LogP contribution in [0.5, 0.6) is 0 Å². The maximum atomic E-state index is 12.6. The lowest BCUT2D eigenvalue weighted by Gasteiger charge is -2.37. The first-order valence-corrected chi connectivity index (χ1v) is 11.1. The Morgan fingerprint density at radius 3 is 2.39 bits per heavy atom. The summed E-state index contributed by atoms with van der Waals surface area (Å²) in [6, 6.07) is 15.0. The third kappa shape index (κ3) is 5.11. The summed E-state index contributed by atoms with van der Waals surface area (Å²) in [4.78, 5) is 27.2. The molecule has 3 aromatic rings. The molecule has 0 radical (unpaired) electrons. The molecule has 0 aliphatic carbocycles. The van der Waals surface area contributed by atoms with Crippen molar-refractivity contribution >= 4 is 57.8 Å². The first-order valence-electron chi connectivity index (χ1n) is 9.97. The molecule has 0 bridgehead atoms. The number of piperazine rings is 1. The van der Waals surface area contributed by atoms with Gasteiger partial charge in [0, 0.05) is 42.8 Å². The lowest BCUT2D eigenvalue weighted by atomic mass is 10.2. The number of hydrogen-bond donors (Lipinski definition) is 1. The molecular weight excluding hydrogens is 487 g/mol. The molecule has 170 valence electrons. The van der Waals surface area contributed by atoms with E-state index >= 15 is 0 Å². The SMILES string of the molecule is O=C(NC(=S)N1CCN(c2c(Cl)cccc2[N+](=O)[O-])CC1)c1ccc(-c2ccc(Cl)cc2)o1. The Morgan fingerprint density at radius 1 is 1.03 bits per heavy atom. The number of anilines is 1. The molecule has 33 heavy (non-hydrogen) atoms. The Labute approximate surface area is 204 Å². The monoisotopic (exact) mass is 504 g/mol. The van der Waals surface area contributed by atoms with Crippen molar-refractivity contribution < 1.29 is 14.1 Å². The van der Waals surface area contributed by atoms with Crippen LogP contribution in [0, 0.1) is 10.1 Å². The van der Waals surface area contributed by atoms with Crippen molar-refractivity contribution in [1.82, 2.24) is 10.2 Å². The number of carbonyl (C=O) groups is 1. The number of nitro groups is 1. The number of halogens is 2. The first kappa shape index (κ1) is 23.0. The molecule has 0 spiro atoms. The smallest absolute Gasteiger partial charge is 0.294 e. The van der Waals surface area contributed by atoms with Gasteiger partial charge in [-0.3, -0.25) is 20.2 Å². The average Bonchev–Trinajstić information content (AvgIpc) is 3.30. The van der Waals surface area contributed by atoms with E-state index < -0.39 is 10.8 Å². The highest BCUT2D eigenvalue weighted by Crippen LogP contribution is 2.35. The third-order valence-electron chi connectivity index (χ3n) is 5.22. The molecule has 0 atom stereocenters. The van der Waals surface area contributed by atoms with Crippen molar-refractivity contribution in [3.05, 3.63) is 80.5 Å². The van der Waals surface area contributed by atoms with Gasteiger partial charge in [-0.1, -0.05) is 29.3 Å². The number of nitrogens with one attached hydrogen (secondary N) is 1. The molecule has 4 rings (SSSR count). The van der Waals surface area contributed by atoms with Gasteiger partial charge in [0.25, 0.3) is 11.6 Å². The Balaban J connectivity index is 1.37. The second kappa shape index (κ2) is 9.78. The normalized spacial score (nSPS) is 13.6. The van der Waals surface area contributed by atoms with Gasteiger partial charge in [0.2, 0.25) is 0 Å². The van der Waals surface area contributed by atoms with Gasteiger partial charge in [-0.2, -0.15) is 0 Å². The summed E-state index contributed by atoms with van der Waals surface area (Å²) in [6.07, 6.45) is 0. The Hall–Kier alpha value is -3.14. The molecule has 1 aliphatic heterocycles. The Bertz CT molecular complexity index is 1210. The van der Waals surface area contributed by atoms with E-state index in [-0.39, 0.29) is 16.6 Å². The fourth-order valence-electron chi connectivity index (χ4n) is 3.56. The van der Waals surface area contributed by atoms with E-state index in [1.807, 2.05) is 9.80 Å². The van der Waals surface area contributed by atoms with E-state index in [0.717, 1.165) is 5.56 Å². The number of benzene rings is 2. The predicted octanol–water partition coefficient (Wildman–Crippen LogP) is 5.00. The molecule has 2 heterocycles. The van der Waals surface area contributed by atoms with Crippen LogP contribution in [-0.2, 0) is 0 Å². The maximum Gasteiger partial charge on any atom is 0.294 e. The van der Waals surface area contributed by atoms with Gasteiger partial charge >= 0.3 is 0 Å². The van der Waals surface area contributed by atoms with E-state index in [1.54, 1.807) is 48.5 Å². The fraction of sp³-hybridized carbons (Fsp3) is 0.182. The second-order valence-electron chi connectivity index (χ2n) is 7.27. The number of furan rings is 1. The molecule has 1 amide bonds. The highest BCUT2D eigenvalue weighted by Gasteiger charge is 2.27. The zero-order valence-electron chi connectivity index (χ0n) is 17.2. The second-order valence-corrected chi connectivity index (χ2v) is 8.50. The molecule has 11 heteroatoms. The van der Waals surface area contributed by atoms with Crippen molar-refractivity contribution in [2.75, 3.05) is 31.1 Å². The third-order valence-corrected chi connectivity index (χ3v) is 6.14. The number of hydrogen-bond acceptors (Lipinski definition) is 6. The quantitative estimate of drug-likeness (QED) is 0.303. The topological polar surface area (TPSA) is 91.9 Å². The standard InChI is InChI=1S/C22H18Cl2N4O4S/c23-15-6-4-14(5-7-15)18-8-9-19(32-18)21(29)25-22(33)27-12-10-26(11-13-27)20-16(24)2-1-3-17(20)28(30)31/h1-9H,10-13H2,(H,25,29,33). The summed E-state index contributed by atoms with van der Waals surface area (Å²) in [5.41, 5.74) is 1.15. The largest absolute Gasteiger partial charge is 0.451 e. The zero-order chi connectivity index (χ0) is 23.5. The summed E-state index contributed by atoms with van der Waals surface area (Å²) in [7, 11) is 0. The number of rotatable bonds is 4. The van der Waals surface area contributed by atoms with E-state index in [4.69, 9.17) is 39.8 Å². The van der Waals surface area contributed by atoms with Crippen molar-refractivity contribution in [2.45, 2.75) is 0 Å². The van der Waals surface area contributed by atoms with Gasteiger partial charge in [0.15, 0.2) is 10.9 Å². The highest BCUT2D eigenvalue weighted by molar-refractivity contribution is 7.80. The molecule has 1 fully saturated rings. The molecule has 1 aliphatic rings. The van der Waals surface area contributed by atoms with E-state index in [2.05, 4.69) is 5.32 Å². The molecule has 1 aromatic heterocycles. The van der Waals surface area contributed by atoms with E-state index in [9.17, 15) is 14.9 Å². The number of para-hydroxylation sites is 1. The van der Waals surface area contributed by atoms with Gasteiger partial charge < -0.3 is 14.2 Å². The molecule has 1 saturated heterocycles. The van der Waals surface area contributed by atoms with Crippen LogP contribution < -0.4 is 10.2 Å². The molecule has 8 nitrogen and oxygen atoms in total. The van der Waals surface area contributed by atoms with Gasteiger partial charge in [-0.15, -0.1) is 0 Å². The number of nitro benzene ring substituents is 1. The maximum absolute atomic E-state index is 12.6. The van der Waals surface area contributed by atoms with Crippen LogP contribution in [0.1, 0.15) is 10.6 Å². The molecular formula is C22H18Cl2N4O4S. The van der Waals surface area contributed by atoms with Crippen LogP contribution in [0.4, 0.5) is 11.4 Å². The van der Waals surface area contributed by atoms with Crippen LogP contribution in [0.3, 0.4) is 0 Å². The minimum atomic E-state index is -0.454. The summed E-state index contributed by atoms with van der Waals surface area (Å²) < 4.78 is 5.66. The van der Waals surface area contributed by atoms with Crippen molar-refractivity contribution in [1.29, 1.82) is 0 Å². The minimum Gasteiger partial charge on any atom is -0.451 e. The predicted molar refractivity (Wildman–Crippen MR) is 131 cm³/mol. The lowest BCUT2D eigenvalue weighted by Crippen LogP contribution is -2.52. The molecule has 0 unspecified atom stereocenters. The van der Waals surface area contributed by atoms with E-state index in [0.29, 0.717) is 47.7 Å². The van der Waals surface area contributed by atoms with Gasteiger partial charge in [-0.05, 0) is 54.7 Å². The van der Waals surface area contributed by atoms with Crippen LogP contribution in [0.25, 0.3) is 11.3 Å². The average molecular weight is 505 g/mol. The lowest BCUT2D eigenvalue weighted by molar-refractivity contribution is -0.384. The minimum absolute atomic E-state index is 0.0406. The highest BCUT2D eigenvalue weighted by atomic mass is 35.5. The molecule has 2 aromatic carbocycles. The summed E-state index contributed by atoms with van der Waals surface area (Å²) >= 11 is 17.5. The van der Waals surface area contributed by atoms with Crippen molar-refractivity contribution in [3.63, 3.8) is 0 Å². The van der Waals surface area contributed by atoms with Crippen LogP contribution in [-0.4, -0.2) is 47.0 Å². The first-order chi connectivity index (χ1) is 15.8. The van der Waals surface area contributed by atoms with Gasteiger partial charge in [0.05, 0.1) is 9.95 Å². The van der Waals surface area contributed by atoms with Crippen LogP contribution >= 0.6 is 35.4 Å². The Morgan fingerprint density at radius 2 is 1.73 bits per heavy atom. The van der Waals surface area contributed by atoms with Crippen LogP contribution in [0.2, 0.25) is 10.0 Å². The molecule has 1 N–H and O–H groups in total. The number of carbonyl (C=O) groups excluding carboxylic acids is 1. The molecule has 0 saturated carbocycles. The number of thiocarbonyl (C=S) groups is 1. The summed E-state index contributed by atoms with van der Waals surface area (Å²) in [5, 5.41) is 15.3. The van der Waals surface area contributed by atoms with Gasteiger partial charge in [0.1, 0.15) is 11.4 Å². The fourth-order valence-corrected chi connectivity index (χ4v) is 4.25. The number of nitrogens with zero attached hydrogens (tertiary/aromatic N) is 3.